The number of esters is 1. The predicted molar refractivity (Wildman–Crippen MR) is 111 cm³/mol. The predicted octanol–water partition coefficient (Wildman–Crippen LogP) is 3.21. The molecule has 5 heteroatoms. The summed E-state index contributed by atoms with van der Waals surface area (Å²) < 4.78 is 4.94. The van der Waals surface area contributed by atoms with Crippen LogP contribution in [0.5, 0.6) is 0 Å². The Balaban J connectivity index is 1.64. The Morgan fingerprint density at radius 1 is 1.18 bits per heavy atom. The third-order valence-electron chi connectivity index (χ3n) is 5.36. The van der Waals surface area contributed by atoms with Crippen molar-refractivity contribution in [3.63, 3.8) is 0 Å². The number of hydrogen-bond donors (Lipinski definition) is 1. The van der Waals surface area contributed by atoms with Gasteiger partial charge < -0.3 is 15.0 Å². The van der Waals surface area contributed by atoms with E-state index in [1.807, 2.05) is 48.2 Å². The fraction of sp³-hybridized carbons (Fsp3) is 0.391. The number of carbonyl (C=O) groups excluding carboxylic acids is 2. The summed E-state index contributed by atoms with van der Waals surface area (Å²) in [5, 5.41) is 3.11. The number of amides is 1. The van der Waals surface area contributed by atoms with Gasteiger partial charge in [-0.05, 0) is 49.4 Å². The molecule has 1 aliphatic heterocycles. The van der Waals surface area contributed by atoms with Gasteiger partial charge in [0.15, 0.2) is 0 Å². The lowest BCUT2D eigenvalue weighted by Gasteiger charge is -2.34. The number of fused-ring (bicyclic) bond motifs is 1. The molecule has 148 valence electrons. The van der Waals surface area contributed by atoms with Gasteiger partial charge in [-0.15, -0.1) is 0 Å². The summed E-state index contributed by atoms with van der Waals surface area (Å²) in [7, 11) is 1.42. The van der Waals surface area contributed by atoms with Gasteiger partial charge >= 0.3 is 5.97 Å². The number of anilines is 1. The van der Waals surface area contributed by atoms with Crippen molar-refractivity contribution in [1.82, 2.24) is 5.32 Å². The van der Waals surface area contributed by atoms with E-state index in [9.17, 15) is 9.59 Å². The molecular formula is C23H28N2O3. The fourth-order valence-corrected chi connectivity index (χ4v) is 3.90. The first kappa shape index (κ1) is 19.9. The van der Waals surface area contributed by atoms with Crippen LogP contribution in [0.25, 0.3) is 0 Å². The van der Waals surface area contributed by atoms with Crippen molar-refractivity contribution in [3.05, 3.63) is 65.2 Å². The molecule has 0 saturated heterocycles. The lowest BCUT2D eigenvalue weighted by atomic mass is 9.90. The molecule has 0 spiro atoms. The van der Waals surface area contributed by atoms with E-state index in [0.717, 1.165) is 17.7 Å². The van der Waals surface area contributed by atoms with Crippen LogP contribution in [-0.2, 0) is 20.7 Å². The molecule has 1 aliphatic rings. The van der Waals surface area contributed by atoms with E-state index in [2.05, 4.69) is 24.4 Å². The van der Waals surface area contributed by atoms with Crippen LogP contribution in [0, 0.1) is 6.92 Å². The van der Waals surface area contributed by atoms with E-state index in [4.69, 9.17) is 4.74 Å². The van der Waals surface area contributed by atoms with E-state index < -0.39 is 0 Å². The Kier molecular flexibility index (Phi) is 6.34. The number of nitrogens with one attached hydrogen (secondary N) is 1. The quantitative estimate of drug-likeness (QED) is 0.782. The third-order valence-corrected chi connectivity index (χ3v) is 5.36. The second kappa shape index (κ2) is 8.91. The van der Waals surface area contributed by atoms with Gasteiger partial charge in [-0.25, -0.2) is 0 Å². The number of ether oxygens (including phenoxy) is 1. The molecule has 1 heterocycles. The van der Waals surface area contributed by atoms with Gasteiger partial charge in [-0.1, -0.05) is 42.5 Å². The maximum Gasteiger partial charge on any atom is 0.313 e. The van der Waals surface area contributed by atoms with Crippen molar-refractivity contribution in [2.45, 2.75) is 38.6 Å². The van der Waals surface area contributed by atoms with Gasteiger partial charge in [0.05, 0.1) is 19.6 Å². The van der Waals surface area contributed by atoms with Gasteiger partial charge in [0.25, 0.3) is 0 Å². The minimum absolute atomic E-state index is 0.00703. The van der Waals surface area contributed by atoms with Crippen LogP contribution in [0.15, 0.2) is 48.5 Å². The smallest absolute Gasteiger partial charge is 0.313 e. The summed E-state index contributed by atoms with van der Waals surface area (Å²) in [6.45, 7) is 5.05. The van der Waals surface area contributed by atoms with E-state index in [1.54, 1.807) is 0 Å². The molecule has 28 heavy (non-hydrogen) atoms. The Morgan fingerprint density at radius 2 is 1.89 bits per heavy atom. The largest absolute Gasteiger partial charge is 0.469 e. The van der Waals surface area contributed by atoms with Crippen molar-refractivity contribution in [2.75, 3.05) is 25.1 Å². The Labute approximate surface area is 166 Å². The highest BCUT2D eigenvalue weighted by molar-refractivity contribution is 5.85. The van der Waals surface area contributed by atoms with Gasteiger partial charge in [0.1, 0.15) is 0 Å². The Bertz CT molecular complexity index is 849. The van der Waals surface area contributed by atoms with Crippen molar-refractivity contribution in [2.24, 2.45) is 0 Å². The second-order valence-electron chi connectivity index (χ2n) is 7.44. The molecule has 0 fully saturated rings. The molecule has 3 rings (SSSR count). The molecule has 0 saturated carbocycles. The lowest BCUT2D eigenvalue weighted by Crippen LogP contribution is -2.44. The molecule has 0 aromatic heterocycles. The molecular weight excluding hydrogens is 352 g/mol. The van der Waals surface area contributed by atoms with Crippen LogP contribution < -0.4 is 10.2 Å². The van der Waals surface area contributed by atoms with Crippen LogP contribution in [0.3, 0.4) is 0 Å². The number of carbonyl (C=O) groups is 2. The number of methoxy groups -OCH3 is 1. The zero-order valence-electron chi connectivity index (χ0n) is 16.8. The van der Waals surface area contributed by atoms with Crippen LogP contribution in [0.2, 0.25) is 0 Å². The van der Waals surface area contributed by atoms with Crippen molar-refractivity contribution in [1.29, 1.82) is 0 Å². The maximum absolute atomic E-state index is 12.6. The SMILES string of the molecule is COC(=O)[C@@H]1CCN(CC(=O)N[C@@H](C)Cc2ccccc2C)c2ccccc21. The van der Waals surface area contributed by atoms with Crippen molar-refractivity contribution < 1.29 is 14.3 Å². The van der Waals surface area contributed by atoms with Crippen LogP contribution in [0.1, 0.15) is 36.0 Å². The van der Waals surface area contributed by atoms with Gasteiger partial charge in [-0.3, -0.25) is 9.59 Å². The molecule has 1 N–H and O–H groups in total. The maximum atomic E-state index is 12.6. The van der Waals surface area contributed by atoms with E-state index in [0.29, 0.717) is 13.0 Å². The molecule has 1 amide bonds. The first-order valence-corrected chi connectivity index (χ1v) is 9.75. The third kappa shape index (κ3) is 4.53. The molecule has 2 aromatic rings. The molecule has 5 nitrogen and oxygen atoms in total. The molecule has 0 unspecified atom stereocenters. The molecule has 2 atom stereocenters. The molecule has 0 bridgehead atoms. The van der Waals surface area contributed by atoms with Gasteiger partial charge in [0.2, 0.25) is 5.91 Å². The second-order valence-corrected chi connectivity index (χ2v) is 7.44. The highest BCUT2D eigenvalue weighted by Crippen LogP contribution is 2.35. The average Bonchev–Trinajstić information content (AvgIpc) is 2.69. The van der Waals surface area contributed by atoms with Crippen molar-refractivity contribution in [3.8, 4) is 0 Å². The van der Waals surface area contributed by atoms with Crippen molar-refractivity contribution >= 4 is 17.6 Å². The van der Waals surface area contributed by atoms with Gasteiger partial charge in [0, 0.05) is 18.3 Å². The number of rotatable bonds is 6. The standard InChI is InChI=1S/C23H28N2O3/c1-16-8-4-5-9-18(16)14-17(2)24-22(26)15-25-13-12-20(23(27)28-3)19-10-6-7-11-21(19)25/h4-11,17,20H,12-15H2,1-3H3,(H,24,26)/t17-,20+/m0/s1. The Hall–Kier alpha value is -2.82. The minimum atomic E-state index is -0.263. The normalized spacial score (nSPS) is 16.8. The first-order valence-electron chi connectivity index (χ1n) is 9.75. The summed E-state index contributed by atoms with van der Waals surface area (Å²) >= 11 is 0. The summed E-state index contributed by atoms with van der Waals surface area (Å²) in [4.78, 5) is 26.8. The molecule has 0 radical (unpaired) electrons. The minimum Gasteiger partial charge on any atom is -0.469 e. The number of nitrogens with zero attached hydrogens (tertiary/aromatic N) is 1. The van der Waals surface area contributed by atoms with Crippen LogP contribution in [-0.4, -0.2) is 38.1 Å². The summed E-state index contributed by atoms with van der Waals surface area (Å²) in [5.74, 6) is -0.490. The zero-order valence-corrected chi connectivity index (χ0v) is 16.8. The topological polar surface area (TPSA) is 58.6 Å². The zero-order chi connectivity index (χ0) is 20.1. The van der Waals surface area contributed by atoms with E-state index in [1.165, 1.54) is 18.2 Å². The number of para-hydroxylation sites is 1. The van der Waals surface area contributed by atoms with Crippen LogP contribution in [0.4, 0.5) is 5.69 Å². The molecule has 0 aliphatic carbocycles. The summed E-state index contributed by atoms with van der Waals surface area (Å²) in [6, 6.07) is 16.1. The van der Waals surface area contributed by atoms with E-state index in [-0.39, 0.29) is 30.4 Å². The highest BCUT2D eigenvalue weighted by Gasteiger charge is 2.31. The highest BCUT2D eigenvalue weighted by atomic mass is 16.5. The monoisotopic (exact) mass is 380 g/mol. The number of aryl methyl sites for hydroxylation is 1. The first-order chi connectivity index (χ1) is 13.5. The van der Waals surface area contributed by atoms with Crippen LogP contribution >= 0.6 is 0 Å². The summed E-state index contributed by atoms with van der Waals surface area (Å²) in [5.41, 5.74) is 4.36. The van der Waals surface area contributed by atoms with E-state index >= 15 is 0 Å². The fourth-order valence-electron chi connectivity index (χ4n) is 3.90. The average molecular weight is 380 g/mol. The molecule has 2 aromatic carbocycles. The lowest BCUT2D eigenvalue weighted by molar-refractivity contribution is -0.142. The number of hydrogen-bond acceptors (Lipinski definition) is 4. The Morgan fingerprint density at radius 3 is 2.64 bits per heavy atom. The van der Waals surface area contributed by atoms with Gasteiger partial charge in [-0.2, -0.15) is 0 Å². The summed E-state index contributed by atoms with van der Waals surface area (Å²) in [6.07, 6.45) is 1.45. The number of benzene rings is 2.